The van der Waals surface area contributed by atoms with Crippen LogP contribution in [0.4, 0.5) is 0 Å². The molecule has 0 saturated carbocycles. The number of rotatable bonds is 7. The van der Waals surface area contributed by atoms with Crippen molar-refractivity contribution in [3.63, 3.8) is 0 Å². The van der Waals surface area contributed by atoms with Crippen LogP contribution in [-0.2, 0) is 10.0 Å². The molecule has 142 valence electrons. The van der Waals surface area contributed by atoms with Gasteiger partial charge in [-0.1, -0.05) is 13.8 Å². The van der Waals surface area contributed by atoms with Crippen molar-refractivity contribution >= 4 is 27.7 Å². The van der Waals surface area contributed by atoms with Crippen LogP contribution in [0.1, 0.15) is 30.8 Å². The van der Waals surface area contributed by atoms with E-state index in [1.165, 1.54) is 16.6 Å². The molecular weight excluding hydrogens is 360 g/mol. The lowest BCUT2D eigenvalue weighted by Crippen LogP contribution is -2.37. The molecule has 0 radical (unpaired) electrons. The maximum absolute atomic E-state index is 12.6. The van der Waals surface area contributed by atoms with Gasteiger partial charge in [0.1, 0.15) is 10.6 Å². The van der Waals surface area contributed by atoms with E-state index < -0.39 is 10.0 Å². The van der Waals surface area contributed by atoms with Crippen LogP contribution in [0.2, 0.25) is 0 Å². The van der Waals surface area contributed by atoms with Gasteiger partial charge in [-0.2, -0.15) is 16.1 Å². The van der Waals surface area contributed by atoms with Gasteiger partial charge < -0.3 is 15.6 Å². The molecule has 9 heteroatoms. The van der Waals surface area contributed by atoms with Gasteiger partial charge in [0, 0.05) is 50.4 Å². The summed E-state index contributed by atoms with van der Waals surface area (Å²) in [5.74, 6) is 1.72. The van der Waals surface area contributed by atoms with Gasteiger partial charge in [-0.15, -0.1) is 0 Å². The van der Waals surface area contributed by atoms with Crippen molar-refractivity contribution in [1.82, 2.24) is 14.2 Å². The number of aromatic amines is 1. The number of nitrogens with two attached hydrogens (primary N) is 1. The largest absolute Gasteiger partial charge is 0.356 e. The second-order valence-corrected chi connectivity index (χ2v) is 9.85. The molecule has 1 atom stereocenters. The maximum Gasteiger partial charge on any atom is 0.270 e. The molecule has 25 heavy (non-hydrogen) atoms. The molecule has 0 aliphatic carbocycles. The van der Waals surface area contributed by atoms with E-state index in [0.29, 0.717) is 32.0 Å². The average molecular weight is 389 g/mol. The molecule has 0 spiro atoms. The zero-order valence-corrected chi connectivity index (χ0v) is 16.7. The number of carbonyl (C=O) groups excluding carboxylic acids is 1. The van der Waals surface area contributed by atoms with Gasteiger partial charge in [0.2, 0.25) is 10.0 Å². The minimum atomic E-state index is -3.54. The lowest BCUT2D eigenvalue weighted by atomic mass is 10.0. The first-order valence-corrected chi connectivity index (χ1v) is 11.1. The van der Waals surface area contributed by atoms with Gasteiger partial charge in [-0.3, -0.25) is 4.79 Å². The molecule has 1 amide bonds. The van der Waals surface area contributed by atoms with Gasteiger partial charge in [-0.05, 0) is 18.4 Å². The van der Waals surface area contributed by atoms with E-state index in [2.05, 4.69) is 4.98 Å². The molecule has 1 aromatic rings. The maximum atomic E-state index is 12.6. The molecule has 2 rings (SSSR count). The monoisotopic (exact) mass is 388 g/mol. The van der Waals surface area contributed by atoms with E-state index in [0.717, 1.165) is 11.5 Å². The predicted octanol–water partition coefficient (Wildman–Crippen LogP) is 1.20. The Kier molecular flexibility index (Phi) is 6.95. The molecule has 1 aromatic heterocycles. The molecule has 1 unspecified atom stereocenters. The normalized spacial score (nSPS) is 17.6. The van der Waals surface area contributed by atoms with Crippen molar-refractivity contribution in [2.45, 2.75) is 31.2 Å². The van der Waals surface area contributed by atoms with Crippen LogP contribution in [-0.4, -0.2) is 72.7 Å². The minimum Gasteiger partial charge on any atom is -0.356 e. The fraction of sp³-hybridized carbons (Fsp3) is 0.688. The predicted molar refractivity (Wildman–Crippen MR) is 101 cm³/mol. The zero-order valence-electron chi connectivity index (χ0n) is 15.1. The van der Waals surface area contributed by atoms with E-state index in [4.69, 9.17) is 5.73 Å². The highest BCUT2D eigenvalue weighted by molar-refractivity contribution is 7.99. The van der Waals surface area contributed by atoms with E-state index in [1.807, 2.05) is 13.8 Å². The van der Waals surface area contributed by atoms with Gasteiger partial charge in [0.25, 0.3) is 5.91 Å². The fourth-order valence-corrected chi connectivity index (χ4v) is 5.14. The third-order valence-corrected chi connectivity index (χ3v) is 7.31. The van der Waals surface area contributed by atoms with Gasteiger partial charge in [0.15, 0.2) is 0 Å². The summed E-state index contributed by atoms with van der Waals surface area (Å²) in [5.41, 5.74) is 6.30. The minimum absolute atomic E-state index is 0.0341. The van der Waals surface area contributed by atoms with Crippen molar-refractivity contribution < 1.29 is 13.2 Å². The van der Waals surface area contributed by atoms with E-state index >= 15 is 0 Å². The summed E-state index contributed by atoms with van der Waals surface area (Å²) in [6.07, 6.45) is 2.11. The van der Waals surface area contributed by atoms with Gasteiger partial charge in [0.05, 0.1) is 0 Å². The number of hydrogen-bond donors (Lipinski definition) is 2. The number of thioether (sulfide) groups is 1. The van der Waals surface area contributed by atoms with Crippen LogP contribution < -0.4 is 5.73 Å². The van der Waals surface area contributed by atoms with E-state index in [1.54, 1.807) is 23.7 Å². The number of amides is 1. The Hall–Kier alpha value is -1.03. The van der Waals surface area contributed by atoms with Crippen molar-refractivity contribution in [2.24, 2.45) is 11.7 Å². The first kappa shape index (κ1) is 20.3. The second-order valence-electron chi connectivity index (χ2n) is 6.69. The van der Waals surface area contributed by atoms with Crippen LogP contribution in [0, 0.1) is 5.92 Å². The summed E-state index contributed by atoms with van der Waals surface area (Å²) in [6, 6.07) is 1.46. The van der Waals surface area contributed by atoms with Crippen LogP contribution in [0.25, 0.3) is 0 Å². The summed E-state index contributed by atoms with van der Waals surface area (Å²) >= 11 is 1.75. The highest BCUT2D eigenvalue weighted by atomic mass is 32.2. The molecule has 1 fully saturated rings. The lowest BCUT2D eigenvalue weighted by Gasteiger charge is -2.25. The summed E-state index contributed by atoms with van der Waals surface area (Å²) in [4.78, 5) is 17.0. The Morgan fingerprint density at radius 2 is 2.04 bits per heavy atom. The van der Waals surface area contributed by atoms with Crippen molar-refractivity contribution in [1.29, 1.82) is 0 Å². The first-order valence-electron chi connectivity index (χ1n) is 8.51. The van der Waals surface area contributed by atoms with E-state index in [-0.39, 0.29) is 22.5 Å². The molecule has 1 aliphatic heterocycles. The number of hydrogen-bond acceptors (Lipinski definition) is 5. The Morgan fingerprint density at radius 1 is 1.40 bits per heavy atom. The van der Waals surface area contributed by atoms with Crippen molar-refractivity contribution in [3.05, 3.63) is 18.0 Å². The molecule has 7 nitrogen and oxygen atoms in total. The second kappa shape index (κ2) is 8.57. The number of carbonyl (C=O) groups is 1. The fourth-order valence-electron chi connectivity index (χ4n) is 2.57. The number of H-pyrrole nitrogens is 1. The Balaban J connectivity index is 2.03. The molecular formula is C16H28N4O3S2. The summed E-state index contributed by atoms with van der Waals surface area (Å²) in [5, 5.41) is 0. The number of sulfonamides is 1. The molecule has 0 aromatic carbocycles. The first-order chi connectivity index (χ1) is 11.7. The quantitative estimate of drug-likeness (QED) is 0.731. The van der Waals surface area contributed by atoms with Crippen LogP contribution >= 0.6 is 11.8 Å². The van der Waals surface area contributed by atoms with Crippen LogP contribution in [0.15, 0.2) is 17.2 Å². The average Bonchev–Trinajstić information content (AvgIpc) is 3.10. The van der Waals surface area contributed by atoms with E-state index in [9.17, 15) is 13.2 Å². The number of nitrogens with one attached hydrogen (secondary N) is 1. The zero-order chi connectivity index (χ0) is 18.6. The molecule has 0 bridgehead atoms. The summed E-state index contributed by atoms with van der Waals surface area (Å²) in [6.45, 7) is 5.65. The summed E-state index contributed by atoms with van der Waals surface area (Å²) < 4.78 is 26.8. The molecule has 2 heterocycles. The molecule has 1 aliphatic rings. The Labute approximate surface area is 154 Å². The highest BCUT2D eigenvalue weighted by Gasteiger charge is 2.28. The van der Waals surface area contributed by atoms with Gasteiger partial charge in [-0.25, -0.2) is 8.42 Å². The highest BCUT2D eigenvalue weighted by Crippen LogP contribution is 2.21. The topological polar surface area (TPSA) is 99.5 Å². The molecule has 3 N–H and O–H groups in total. The lowest BCUT2D eigenvalue weighted by molar-refractivity contribution is 0.0784. The Bertz CT molecular complexity index is 681. The van der Waals surface area contributed by atoms with Crippen LogP contribution in [0.3, 0.4) is 0 Å². The SMILES string of the molecule is CC(C)C(N)CCN(C)C(=O)c1cc(S(=O)(=O)N2CCSCC2)c[nH]1. The third kappa shape index (κ3) is 4.99. The van der Waals surface area contributed by atoms with Gasteiger partial charge >= 0.3 is 0 Å². The van der Waals surface area contributed by atoms with Crippen molar-refractivity contribution in [2.75, 3.05) is 38.2 Å². The smallest absolute Gasteiger partial charge is 0.270 e. The van der Waals surface area contributed by atoms with Crippen molar-refractivity contribution in [3.8, 4) is 0 Å². The number of aromatic nitrogens is 1. The summed E-state index contributed by atoms with van der Waals surface area (Å²) in [7, 11) is -1.84. The Morgan fingerprint density at radius 3 is 2.64 bits per heavy atom. The molecule has 1 saturated heterocycles. The number of nitrogens with zero attached hydrogens (tertiary/aromatic N) is 2. The standard InChI is InChI=1S/C16H28N4O3S2/c1-12(2)14(17)4-5-19(3)16(21)15-10-13(11-18-15)25(22,23)20-6-8-24-9-7-20/h10-12,14,18H,4-9,17H2,1-3H3. The third-order valence-electron chi connectivity index (χ3n) is 4.50. The van der Waals surface area contributed by atoms with Crippen LogP contribution in [0.5, 0.6) is 0 Å².